The lowest BCUT2D eigenvalue weighted by Crippen LogP contribution is -1.99. The number of nitrogens with two attached hydrogens (primary N) is 1. The van der Waals surface area contributed by atoms with Crippen LogP contribution in [0.2, 0.25) is 0 Å². The number of hydrogen-bond donors (Lipinski definition) is 1. The van der Waals surface area contributed by atoms with E-state index >= 15 is 0 Å². The molecular weight excluding hydrogens is 584 g/mol. The smallest absolute Gasteiger partial charge is 0.127 e. The lowest BCUT2D eigenvalue weighted by Gasteiger charge is -2.08. The molecule has 41 heavy (non-hydrogen) atoms. The number of unbranched alkanes of at least 4 members (excludes halogenated alkanes) is 1. The van der Waals surface area contributed by atoms with Gasteiger partial charge in [0.25, 0.3) is 0 Å². The van der Waals surface area contributed by atoms with E-state index in [9.17, 15) is 4.21 Å². The highest BCUT2D eigenvalue weighted by molar-refractivity contribution is 7.87. The van der Waals surface area contributed by atoms with Gasteiger partial charge < -0.3 is 5.73 Å². The number of halogens is 1. The second-order valence-electron chi connectivity index (χ2n) is 7.66. The van der Waals surface area contributed by atoms with E-state index in [1.165, 1.54) is 11.3 Å². The van der Waals surface area contributed by atoms with Crippen molar-refractivity contribution in [1.29, 1.82) is 0 Å². The maximum atomic E-state index is 12.8. The molecule has 2 N–H and O–H groups in total. The zero-order valence-electron chi connectivity index (χ0n) is 22.4. The Morgan fingerprint density at radius 2 is 1.54 bits per heavy atom. The summed E-state index contributed by atoms with van der Waals surface area (Å²) in [5.41, 5.74) is 31.7. The molecule has 0 amide bonds. The van der Waals surface area contributed by atoms with Crippen LogP contribution in [-0.4, -0.2) is 20.8 Å². The van der Waals surface area contributed by atoms with Crippen LogP contribution in [0.15, 0.2) is 136 Å². The maximum absolute atomic E-state index is 12.8. The molecule has 1 aromatic carbocycles. The molecular formula is C34H27ClN2OS3. The maximum Gasteiger partial charge on any atom is 0.127 e. The molecule has 3 nitrogen and oxygen atoms in total. The summed E-state index contributed by atoms with van der Waals surface area (Å²) in [6.07, 6.45) is 1.68. The molecule has 0 aliphatic carbocycles. The summed E-state index contributed by atoms with van der Waals surface area (Å²) in [5, 5.41) is 2.95. The van der Waals surface area contributed by atoms with Crippen LogP contribution in [0.5, 0.6) is 0 Å². The number of benzene rings is 1. The monoisotopic (exact) mass is 610 g/mol. The van der Waals surface area contributed by atoms with Gasteiger partial charge in [-0.3, -0.25) is 4.21 Å². The Labute approximate surface area is 256 Å². The number of alkyl halides is 1. The lowest BCUT2D eigenvalue weighted by atomic mass is 10.0. The van der Waals surface area contributed by atoms with Gasteiger partial charge in [0.2, 0.25) is 0 Å². The molecule has 1 atom stereocenters. The minimum Gasteiger partial charge on any atom is -0.396 e. The molecule has 4 aromatic rings. The topological polar surface area (TPSA) is 56.0 Å². The van der Waals surface area contributed by atoms with Crippen LogP contribution in [0.1, 0.15) is 12.8 Å². The highest BCUT2D eigenvalue weighted by Crippen LogP contribution is 2.43. The van der Waals surface area contributed by atoms with E-state index in [2.05, 4.69) is 102 Å². The average Bonchev–Trinajstić information content (AvgIpc) is 3.65. The zero-order chi connectivity index (χ0) is 29.9. The number of thiophene rings is 2. The van der Waals surface area contributed by atoms with Crippen LogP contribution in [-0.2, 0) is 10.8 Å². The van der Waals surface area contributed by atoms with Crippen molar-refractivity contribution < 1.29 is 4.21 Å². The molecule has 204 valence electrons. The highest BCUT2D eigenvalue weighted by atomic mass is 35.5. The minimum atomic E-state index is -1.14. The largest absolute Gasteiger partial charge is 0.396 e. The molecule has 0 aliphatic rings. The number of nitrogen functional groups attached to an aromatic ring is 1. The third-order valence-electron chi connectivity index (χ3n) is 4.98. The molecule has 0 bridgehead atoms. The molecule has 3 aromatic heterocycles. The number of nitrogens with zero attached hydrogens (tertiary/aromatic N) is 1. The van der Waals surface area contributed by atoms with Crippen LogP contribution >= 0.6 is 34.3 Å². The van der Waals surface area contributed by atoms with E-state index < -0.39 is 10.8 Å². The van der Waals surface area contributed by atoms with Crippen LogP contribution in [0.25, 0.3) is 31.9 Å². The number of rotatable bonds is 7. The Kier molecular flexibility index (Phi) is 15.2. The molecule has 0 fully saturated rings. The van der Waals surface area contributed by atoms with E-state index in [-0.39, 0.29) is 0 Å². The normalized spacial score (nSPS) is 9.59. The summed E-state index contributed by atoms with van der Waals surface area (Å²) in [4.78, 5) is 6.80. The van der Waals surface area contributed by atoms with E-state index in [1.54, 1.807) is 11.3 Å². The zero-order valence-corrected chi connectivity index (χ0v) is 25.6. The first-order valence-electron chi connectivity index (χ1n) is 12.1. The van der Waals surface area contributed by atoms with Crippen molar-refractivity contribution in [2.45, 2.75) is 17.1 Å². The molecule has 0 saturated heterocycles. The molecule has 0 spiro atoms. The van der Waals surface area contributed by atoms with E-state index in [4.69, 9.17) is 22.3 Å². The van der Waals surface area contributed by atoms with Gasteiger partial charge in [0.15, 0.2) is 0 Å². The third kappa shape index (κ3) is 10.4. The van der Waals surface area contributed by atoms with Crippen molar-refractivity contribution in [2.24, 2.45) is 0 Å². The molecule has 4 rings (SSSR count). The number of anilines is 1. The summed E-state index contributed by atoms with van der Waals surface area (Å²) < 4.78 is 13.6. The quantitative estimate of drug-likeness (QED) is 0.129. The Balaban J connectivity index is 0.000000379. The summed E-state index contributed by atoms with van der Waals surface area (Å²) >= 11 is 8.85. The fraction of sp³-hybridized carbons (Fsp3) is 0.118. The molecule has 1 unspecified atom stereocenters. The van der Waals surface area contributed by atoms with Gasteiger partial charge in [-0.25, -0.2) is 4.98 Å². The minimum absolute atomic E-state index is 0.572. The first-order valence-corrected chi connectivity index (χ1v) is 15.7. The van der Waals surface area contributed by atoms with Crippen LogP contribution < -0.4 is 5.73 Å². The van der Waals surface area contributed by atoms with Crippen molar-refractivity contribution in [1.82, 2.24) is 4.98 Å². The molecule has 0 aliphatic heterocycles. The Morgan fingerprint density at radius 1 is 0.878 bits per heavy atom. The molecule has 0 radical (unpaired) electrons. The predicted octanol–water partition coefficient (Wildman–Crippen LogP) is 9.40. The number of hydrogen-bond acceptors (Lipinski definition) is 5. The summed E-state index contributed by atoms with van der Waals surface area (Å²) in [6, 6.07) is 16.3. The first kappa shape index (κ1) is 33.0. The molecule has 0 saturated carbocycles. The lowest BCUT2D eigenvalue weighted by molar-refractivity contribution is 0.681. The van der Waals surface area contributed by atoms with Crippen LogP contribution in [0.3, 0.4) is 0 Å². The Bertz CT molecular complexity index is 1770. The standard InChI is InChI=1S/C21H19ClN2OS3.C8H4.C5H4/c22-10-4-5-12-28(25)21-19(23)18-15(14-7-2-1-3-8-14)13-16(24-20(18)27-21)17-9-6-11-26-17;1-3-5-7-8-6-4-2;1-3-5-4-2/h1-3,6-9,11,13H,4-5,10,12,23H2;1-2H2;1-2H2. The molecule has 7 heteroatoms. The van der Waals surface area contributed by atoms with Gasteiger partial charge in [-0.15, -0.1) is 34.3 Å². The second kappa shape index (κ2) is 19.0. The predicted molar refractivity (Wildman–Crippen MR) is 178 cm³/mol. The van der Waals surface area contributed by atoms with Gasteiger partial charge in [0, 0.05) is 17.0 Å². The van der Waals surface area contributed by atoms with Crippen molar-refractivity contribution in [3.05, 3.63) is 132 Å². The third-order valence-corrected chi connectivity index (χ3v) is 9.14. The summed E-state index contributed by atoms with van der Waals surface area (Å²) in [6.45, 7) is 12.9. The summed E-state index contributed by atoms with van der Waals surface area (Å²) in [5.74, 6) is 1.16. The Morgan fingerprint density at radius 3 is 2.07 bits per heavy atom. The molecule has 3 heterocycles. The Hall–Kier alpha value is -4.23. The number of fused-ring (bicyclic) bond motifs is 1. The average molecular weight is 611 g/mol. The number of pyridine rings is 1. The summed E-state index contributed by atoms with van der Waals surface area (Å²) in [7, 11) is -1.14. The fourth-order valence-corrected chi connectivity index (χ4v) is 6.89. The van der Waals surface area contributed by atoms with Gasteiger partial charge >= 0.3 is 0 Å². The first-order chi connectivity index (χ1) is 20.0. The van der Waals surface area contributed by atoms with E-state index in [1.807, 2.05) is 29.6 Å². The SMILES string of the molecule is C=C=C=C=C.C=C=C=C=C=C=C=C.Nc1c(S(=O)CCCCCl)sc2nc(-c3cccs3)cc(-c3ccccc3)c12. The van der Waals surface area contributed by atoms with Crippen LogP contribution in [0.4, 0.5) is 5.69 Å². The van der Waals surface area contributed by atoms with Gasteiger partial charge in [0.1, 0.15) is 9.04 Å². The van der Waals surface area contributed by atoms with E-state index in [0.717, 1.165) is 49.0 Å². The van der Waals surface area contributed by atoms with Crippen LogP contribution in [0, 0.1) is 0 Å². The van der Waals surface area contributed by atoms with Gasteiger partial charge in [0.05, 0.1) is 27.1 Å². The number of aromatic nitrogens is 1. The highest BCUT2D eigenvalue weighted by Gasteiger charge is 2.21. The van der Waals surface area contributed by atoms with Gasteiger partial charge in [-0.2, -0.15) is 0 Å². The van der Waals surface area contributed by atoms with Crippen molar-refractivity contribution >= 4 is 61.0 Å². The second-order valence-corrected chi connectivity index (χ2v) is 11.8. The van der Waals surface area contributed by atoms with Crippen molar-refractivity contribution in [3.63, 3.8) is 0 Å². The van der Waals surface area contributed by atoms with E-state index in [0.29, 0.717) is 17.3 Å². The van der Waals surface area contributed by atoms with Crippen molar-refractivity contribution in [2.75, 3.05) is 17.4 Å². The van der Waals surface area contributed by atoms with Crippen molar-refractivity contribution in [3.8, 4) is 21.7 Å². The fourth-order valence-electron chi connectivity index (χ4n) is 3.30. The van der Waals surface area contributed by atoms with Gasteiger partial charge in [-0.05, 0) is 96.5 Å². The van der Waals surface area contributed by atoms with Gasteiger partial charge in [-0.1, -0.05) is 59.3 Å².